The van der Waals surface area contributed by atoms with Gasteiger partial charge in [-0.05, 0) is 37.6 Å². The second kappa shape index (κ2) is 10.3. The topological polar surface area (TPSA) is 121 Å². The van der Waals surface area contributed by atoms with Crippen LogP contribution in [0.15, 0.2) is 47.5 Å². The number of aromatic nitrogens is 4. The maximum atomic E-state index is 13.5. The van der Waals surface area contributed by atoms with E-state index in [1.165, 1.54) is 29.4 Å². The van der Waals surface area contributed by atoms with Gasteiger partial charge in [0.15, 0.2) is 17.0 Å². The number of nitrogens with one attached hydrogen (secondary N) is 1. The maximum Gasteiger partial charge on any atom is 0.586 e. The Morgan fingerprint density at radius 1 is 1.15 bits per heavy atom. The van der Waals surface area contributed by atoms with Gasteiger partial charge in [0.2, 0.25) is 5.91 Å². The number of carbonyl (C=O) groups excluding carboxylic acids is 1. The smallest absolute Gasteiger partial charge is 0.491 e. The summed E-state index contributed by atoms with van der Waals surface area (Å²) in [7, 11) is 1.58. The van der Waals surface area contributed by atoms with E-state index in [9.17, 15) is 18.4 Å². The van der Waals surface area contributed by atoms with Crippen molar-refractivity contribution in [1.29, 1.82) is 0 Å². The van der Waals surface area contributed by atoms with Crippen LogP contribution in [0, 0.1) is 6.92 Å². The minimum Gasteiger partial charge on any atom is -0.491 e. The quantitative estimate of drug-likeness (QED) is 0.320. The van der Waals surface area contributed by atoms with Crippen LogP contribution in [0.4, 0.5) is 14.5 Å². The van der Waals surface area contributed by atoms with Gasteiger partial charge in [-0.15, -0.1) is 8.78 Å². The van der Waals surface area contributed by atoms with Crippen molar-refractivity contribution >= 4 is 22.6 Å². The number of hydrogen-bond donors (Lipinski definition) is 1. The summed E-state index contributed by atoms with van der Waals surface area (Å²) in [5, 5.41) is 4.50. The molecule has 1 amide bonds. The molecule has 0 aliphatic carbocycles. The number of halogens is 2. The molecule has 13 heteroatoms. The van der Waals surface area contributed by atoms with Crippen molar-refractivity contribution in [2.24, 2.45) is 0 Å². The van der Waals surface area contributed by atoms with E-state index >= 15 is 0 Å². The molecule has 0 spiro atoms. The van der Waals surface area contributed by atoms with Gasteiger partial charge in [0.25, 0.3) is 5.56 Å². The number of alkyl halides is 2. The van der Waals surface area contributed by atoms with E-state index in [1.54, 1.807) is 20.1 Å². The Morgan fingerprint density at radius 2 is 1.95 bits per heavy atom. The molecule has 1 aliphatic heterocycles. The first kappa shape index (κ1) is 26.1. The number of rotatable bonds is 9. The highest BCUT2D eigenvalue weighted by Gasteiger charge is 2.43. The first-order valence-electron chi connectivity index (χ1n) is 12.1. The summed E-state index contributed by atoms with van der Waals surface area (Å²) in [4.78, 5) is 34.9. The van der Waals surface area contributed by atoms with Crippen LogP contribution in [0.2, 0.25) is 0 Å². The Morgan fingerprint density at radius 3 is 2.72 bits per heavy atom. The summed E-state index contributed by atoms with van der Waals surface area (Å²) in [5.74, 6) is -0.200. The number of amides is 1. The molecule has 0 radical (unpaired) electrons. The molecule has 1 aliphatic rings. The fourth-order valence-electron chi connectivity index (χ4n) is 4.24. The molecule has 39 heavy (non-hydrogen) atoms. The van der Waals surface area contributed by atoms with Crippen LogP contribution in [0.25, 0.3) is 22.3 Å². The molecular weight excluding hydrogens is 516 g/mol. The molecular formula is C26H25F2N5O6. The van der Waals surface area contributed by atoms with Crippen molar-refractivity contribution in [1.82, 2.24) is 19.7 Å². The molecule has 0 saturated carbocycles. The molecule has 1 N–H and O–H groups in total. The normalized spacial score (nSPS) is 13.6. The number of ether oxygens (including phenoxy) is 4. The van der Waals surface area contributed by atoms with Crippen LogP contribution < -0.4 is 24.7 Å². The average Bonchev–Trinajstić information content (AvgIpc) is 3.51. The minimum absolute atomic E-state index is 0.114. The van der Waals surface area contributed by atoms with E-state index in [4.69, 9.17) is 9.47 Å². The van der Waals surface area contributed by atoms with Crippen molar-refractivity contribution in [2.75, 3.05) is 31.8 Å². The Kier molecular flexibility index (Phi) is 6.91. The van der Waals surface area contributed by atoms with Crippen molar-refractivity contribution in [3.8, 4) is 28.5 Å². The van der Waals surface area contributed by atoms with Gasteiger partial charge >= 0.3 is 6.29 Å². The number of aryl methyl sites for hydroxylation is 1. The van der Waals surface area contributed by atoms with Gasteiger partial charge in [-0.3, -0.25) is 9.59 Å². The highest BCUT2D eigenvalue weighted by molar-refractivity contribution is 5.94. The molecule has 3 heterocycles. The van der Waals surface area contributed by atoms with Gasteiger partial charge in [-0.2, -0.15) is 5.10 Å². The second-order valence-corrected chi connectivity index (χ2v) is 8.70. The SMILES string of the molecule is CCN(C(=O)Cn1nc(-c2ccc(C)c(OCCOC)c2)c2[nH]cnc2c1=O)c1ccc2c(c1)OC(F)(F)O2. The Hall–Kier alpha value is -4.52. The number of aromatic amines is 1. The molecule has 11 nitrogen and oxygen atoms in total. The summed E-state index contributed by atoms with van der Waals surface area (Å²) in [6.07, 6.45) is -2.40. The Labute approximate surface area is 220 Å². The number of anilines is 1. The van der Waals surface area contributed by atoms with Crippen LogP contribution in [0.5, 0.6) is 17.2 Å². The van der Waals surface area contributed by atoms with Gasteiger partial charge in [-0.25, -0.2) is 9.67 Å². The molecule has 2 aromatic heterocycles. The number of nitrogens with zero attached hydrogens (tertiary/aromatic N) is 4. The molecule has 0 saturated heterocycles. The number of fused-ring (bicyclic) bond motifs is 2. The highest BCUT2D eigenvalue weighted by atomic mass is 19.3. The molecule has 204 valence electrons. The first-order valence-corrected chi connectivity index (χ1v) is 12.1. The first-order chi connectivity index (χ1) is 18.7. The number of hydrogen-bond acceptors (Lipinski definition) is 8. The van der Waals surface area contributed by atoms with Gasteiger partial charge in [0.1, 0.15) is 24.6 Å². The molecule has 0 bridgehead atoms. The van der Waals surface area contributed by atoms with Crippen molar-refractivity contribution in [3.63, 3.8) is 0 Å². The zero-order valence-corrected chi connectivity index (χ0v) is 21.4. The highest BCUT2D eigenvalue weighted by Crippen LogP contribution is 2.42. The largest absolute Gasteiger partial charge is 0.586 e. The summed E-state index contributed by atoms with van der Waals surface area (Å²) in [6, 6.07) is 9.53. The number of methoxy groups -OCH3 is 1. The van der Waals surface area contributed by atoms with Crippen LogP contribution in [0.1, 0.15) is 12.5 Å². The number of carbonyl (C=O) groups is 1. The third kappa shape index (κ3) is 5.12. The maximum absolute atomic E-state index is 13.5. The van der Waals surface area contributed by atoms with E-state index in [1.807, 2.05) is 19.1 Å². The minimum atomic E-state index is -3.78. The van der Waals surface area contributed by atoms with Crippen molar-refractivity contribution < 1.29 is 32.5 Å². The Bertz CT molecular complexity index is 1600. The van der Waals surface area contributed by atoms with E-state index in [0.29, 0.717) is 41.4 Å². The van der Waals surface area contributed by atoms with Gasteiger partial charge in [0, 0.05) is 31.0 Å². The number of likely N-dealkylation sites (N-methyl/N-ethyl adjacent to an activating group) is 1. The number of benzene rings is 2. The van der Waals surface area contributed by atoms with Gasteiger partial charge in [0.05, 0.1) is 18.5 Å². The van der Waals surface area contributed by atoms with Gasteiger partial charge < -0.3 is 28.8 Å². The predicted octanol–water partition coefficient (Wildman–Crippen LogP) is 3.49. The lowest BCUT2D eigenvalue weighted by Crippen LogP contribution is -2.37. The summed E-state index contributed by atoms with van der Waals surface area (Å²) in [6.45, 7) is 4.16. The number of imidazole rings is 1. The zero-order chi connectivity index (χ0) is 27.7. The lowest BCUT2D eigenvalue weighted by molar-refractivity contribution is -0.286. The monoisotopic (exact) mass is 541 g/mol. The molecule has 5 rings (SSSR count). The van der Waals surface area contributed by atoms with E-state index in [2.05, 4.69) is 24.5 Å². The molecule has 0 atom stereocenters. The standard InChI is InChI=1S/C26H25F2N5O6/c1-4-32(17-7-8-18-20(12-17)39-26(27,28)38-18)21(34)13-33-25(35)24-23(29-14-30-24)22(31-33)16-6-5-15(2)19(11-16)37-10-9-36-3/h5-8,11-12,14H,4,9-10,13H2,1-3H3,(H,29,30). The van der Waals surface area contributed by atoms with E-state index in [-0.39, 0.29) is 23.6 Å². The fourth-order valence-corrected chi connectivity index (χ4v) is 4.24. The second-order valence-electron chi connectivity index (χ2n) is 8.70. The summed E-state index contributed by atoms with van der Waals surface area (Å²) in [5.41, 5.74) is 2.22. The predicted molar refractivity (Wildman–Crippen MR) is 136 cm³/mol. The molecule has 0 fully saturated rings. The van der Waals surface area contributed by atoms with Gasteiger partial charge in [-0.1, -0.05) is 12.1 Å². The molecule has 4 aromatic rings. The summed E-state index contributed by atoms with van der Waals surface area (Å²) >= 11 is 0. The number of H-pyrrole nitrogens is 1. The lowest BCUT2D eigenvalue weighted by atomic mass is 10.1. The van der Waals surface area contributed by atoms with E-state index < -0.39 is 24.3 Å². The summed E-state index contributed by atoms with van der Waals surface area (Å²) < 4.78 is 47.7. The third-order valence-corrected chi connectivity index (χ3v) is 6.14. The molecule has 2 aromatic carbocycles. The lowest BCUT2D eigenvalue weighted by Gasteiger charge is -2.21. The zero-order valence-electron chi connectivity index (χ0n) is 21.4. The molecule has 0 unspecified atom stereocenters. The van der Waals surface area contributed by atoms with Crippen molar-refractivity contribution in [2.45, 2.75) is 26.7 Å². The average molecular weight is 542 g/mol. The van der Waals surface area contributed by atoms with Crippen molar-refractivity contribution in [3.05, 3.63) is 58.6 Å². The van der Waals surface area contributed by atoms with Crippen LogP contribution >= 0.6 is 0 Å². The Balaban J connectivity index is 1.47. The van der Waals surface area contributed by atoms with E-state index in [0.717, 1.165) is 10.2 Å². The third-order valence-electron chi connectivity index (χ3n) is 6.14. The van der Waals surface area contributed by atoms with Crippen LogP contribution in [-0.2, 0) is 16.1 Å². The fraction of sp³-hybridized carbons (Fsp3) is 0.308. The van der Waals surface area contributed by atoms with Crippen LogP contribution in [0.3, 0.4) is 0 Å². The van der Waals surface area contributed by atoms with Crippen LogP contribution in [-0.4, -0.2) is 58.8 Å².